The Morgan fingerprint density at radius 2 is 1.50 bits per heavy atom. The number of hydrogen-bond acceptors (Lipinski definition) is 3. The van der Waals surface area contributed by atoms with Crippen molar-refractivity contribution >= 4 is 23.5 Å². The van der Waals surface area contributed by atoms with E-state index in [1.807, 2.05) is 0 Å². The predicted molar refractivity (Wildman–Crippen MR) is 120 cm³/mol. The van der Waals surface area contributed by atoms with Crippen molar-refractivity contribution in [2.24, 2.45) is 17.3 Å². The maximum absolute atomic E-state index is 9.82. The lowest BCUT2D eigenvalue weighted by atomic mass is 9.69. The van der Waals surface area contributed by atoms with Gasteiger partial charge in [0.1, 0.15) is 0 Å². The summed E-state index contributed by atoms with van der Waals surface area (Å²) in [5.41, 5.74) is 0.0232. The molecule has 0 atom stereocenters. The van der Waals surface area contributed by atoms with E-state index in [1.54, 1.807) is 0 Å². The standard InChI is InChI=1S/C23H41NS2/c1-3-5-7-8-10-14-23(19-24)15-12-21(13-16-23)22-25-17-20(18-26-22)11-9-6-4-2/h20-22H,3-18H2,1-2H3. The van der Waals surface area contributed by atoms with Gasteiger partial charge in [0.05, 0.1) is 16.1 Å². The van der Waals surface area contributed by atoms with Crippen molar-refractivity contribution in [2.75, 3.05) is 11.5 Å². The Labute approximate surface area is 171 Å². The zero-order chi connectivity index (χ0) is 18.7. The summed E-state index contributed by atoms with van der Waals surface area (Å²) >= 11 is 4.50. The van der Waals surface area contributed by atoms with E-state index < -0.39 is 0 Å². The van der Waals surface area contributed by atoms with Gasteiger partial charge in [-0.3, -0.25) is 0 Å². The molecule has 1 aliphatic carbocycles. The predicted octanol–water partition coefficient (Wildman–Crippen LogP) is 8.05. The Bertz CT molecular complexity index is 401. The molecule has 0 amide bonds. The Morgan fingerprint density at radius 3 is 2.12 bits per heavy atom. The molecule has 3 heteroatoms. The Balaban J connectivity index is 1.66. The first kappa shape index (κ1) is 22.5. The van der Waals surface area contributed by atoms with Gasteiger partial charge in [0.25, 0.3) is 0 Å². The fraction of sp³-hybridized carbons (Fsp3) is 0.957. The highest BCUT2D eigenvalue weighted by Gasteiger charge is 2.38. The highest BCUT2D eigenvalue weighted by atomic mass is 32.2. The van der Waals surface area contributed by atoms with Crippen LogP contribution in [-0.4, -0.2) is 16.1 Å². The van der Waals surface area contributed by atoms with Crippen LogP contribution >= 0.6 is 23.5 Å². The SMILES string of the molecule is CCCCCCCC1(C#N)CCC(C2SCC(CCCCC)CS2)CC1. The van der Waals surface area contributed by atoms with Gasteiger partial charge in [0.15, 0.2) is 0 Å². The number of nitriles is 1. The van der Waals surface area contributed by atoms with Gasteiger partial charge in [-0.2, -0.15) is 5.26 Å². The van der Waals surface area contributed by atoms with Crippen LogP contribution in [0.2, 0.25) is 0 Å². The molecule has 2 rings (SSSR count). The lowest BCUT2D eigenvalue weighted by Crippen LogP contribution is -2.31. The van der Waals surface area contributed by atoms with Gasteiger partial charge in [-0.1, -0.05) is 65.2 Å². The van der Waals surface area contributed by atoms with Crippen molar-refractivity contribution in [3.8, 4) is 6.07 Å². The average Bonchev–Trinajstić information content (AvgIpc) is 2.69. The van der Waals surface area contributed by atoms with Gasteiger partial charge in [0, 0.05) is 0 Å². The summed E-state index contributed by atoms with van der Waals surface area (Å²) in [6.45, 7) is 4.57. The second kappa shape index (κ2) is 12.6. The van der Waals surface area contributed by atoms with Crippen molar-refractivity contribution in [2.45, 2.75) is 108 Å². The quantitative estimate of drug-likeness (QED) is 0.331. The molecule has 0 aromatic heterocycles. The van der Waals surface area contributed by atoms with Gasteiger partial charge in [0.2, 0.25) is 0 Å². The molecule has 2 fully saturated rings. The van der Waals surface area contributed by atoms with Crippen LogP contribution in [0.5, 0.6) is 0 Å². The van der Waals surface area contributed by atoms with Crippen molar-refractivity contribution in [3.05, 3.63) is 0 Å². The van der Waals surface area contributed by atoms with Gasteiger partial charge in [-0.05, 0) is 61.9 Å². The molecule has 0 bridgehead atoms. The van der Waals surface area contributed by atoms with Crippen LogP contribution in [0, 0.1) is 28.6 Å². The Morgan fingerprint density at radius 1 is 0.885 bits per heavy atom. The van der Waals surface area contributed by atoms with Crippen LogP contribution in [0.4, 0.5) is 0 Å². The van der Waals surface area contributed by atoms with Gasteiger partial charge >= 0.3 is 0 Å². The van der Waals surface area contributed by atoms with Crippen LogP contribution in [0.1, 0.15) is 104 Å². The van der Waals surface area contributed by atoms with Gasteiger partial charge in [-0.15, -0.1) is 23.5 Å². The smallest absolute Gasteiger partial charge is 0.0689 e. The minimum absolute atomic E-state index is 0.0232. The lowest BCUT2D eigenvalue weighted by Gasteiger charge is -2.40. The van der Waals surface area contributed by atoms with Gasteiger partial charge < -0.3 is 0 Å². The molecule has 0 N–H and O–H groups in total. The Kier molecular flexibility index (Phi) is 10.9. The maximum atomic E-state index is 9.82. The maximum Gasteiger partial charge on any atom is 0.0689 e. The third-order valence-electron chi connectivity index (χ3n) is 6.58. The normalized spacial score (nSPS) is 32.3. The second-order valence-electron chi connectivity index (χ2n) is 8.79. The molecule has 1 saturated heterocycles. The molecule has 26 heavy (non-hydrogen) atoms. The summed E-state index contributed by atoms with van der Waals surface area (Å²) in [5, 5.41) is 9.82. The third-order valence-corrected chi connectivity index (χ3v) is 10.1. The van der Waals surface area contributed by atoms with Crippen LogP contribution < -0.4 is 0 Å². The molecule has 0 aromatic rings. The highest BCUT2D eigenvalue weighted by Crippen LogP contribution is 2.49. The second-order valence-corrected chi connectivity index (χ2v) is 11.4. The largest absolute Gasteiger partial charge is 0.198 e. The van der Waals surface area contributed by atoms with Crippen LogP contribution in [0.15, 0.2) is 0 Å². The molecular formula is C23H41NS2. The summed E-state index contributed by atoms with van der Waals surface area (Å²) in [6.07, 6.45) is 18.3. The monoisotopic (exact) mass is 395 g/mol. The number of rotatable bonds is 11. The minimum atomic E-state index is 0.0232. The van der Waals surface area contributed by atoms with E-state index in [9.17, 15) is 5.26 Å². The molecule has 1 aliphatic heterocycles. The van der Waals surface area contributed by atoms with Crippen LogP contribution in [0.25, 0.3) is 0 Å². The van der Waals surface area contributed by atoms with Crippen molar-refractivity contribution in [1.82, 2.24) is 0 Å². The third kappa shape index (κ3) is 7.31. The Hall–Kier alpha value is 0.190. The number of thioether (sulfide) groups is 2. The number of unbranched alkanes of at least 4 members (excludes halogenated alkanes) is 6. The van der Waals surface area contributed by atoms with Crippen molar-refractivity contribution in [1.29, 1.82) is 5.26 Å². The summed E-state index contributed by atoms with van der Waals surface area (Å²) in [6, 6.07) is 2.75. The van der Waals surface area contributed by atoms with E-state index in [1.165, 1.54) is 95.0 Å². The first-order valence-corrected chi connectivity index (χ1v) is 13.5. The molecule has 2 aliphatic rings. The topological polar surface area (TPSA) is 23.8 Å². The van der Waals surface area contributed by atoms with Crippen LogP contribution in [-0.2, 0) is 0 Å². The van der Waals surface area contributed by atoms with Crippen molar-refractivity contribution in [3.63, 3.8) is 0 Å². The van der Waals surface area contributed by atoms with E-state index >= 15 is 0 Å². The summed E-state index contributed by atoms with van der Waals surface area (Å²) in [5.74, 6) is 4.60. The lowest BCUT2D eigenvalue weighted by molar-refractivity contribution is 0.199. The first-order valence-electron chi connectivity index (χ1n) is 11.4. The average molecular weight is 396 g/mol. The summed E-state index contributed by atoms with van der Waals surface area (Å²) < 4.78 is 0.818. The molecule has 1 nitrogen and oxygen atoms in total. The van der Waals surface area contributed by atoms with Gasteiger partial charge in [-0.25, -0.2) is 0 Å². The molecule has 1 heterocycles. The van der Waals surface area contributed by atoms with Crippen molar-refractivity contribution < 1.29 is 0 Å². The molecule has 0 spiro atoms. The van der Waals surface area contributed by atoms with E-state index in [-0.39, 0.29) is 5.41 Å². The van der Waals surface area contributed by atoms with E-state index in [0.717, 1.165) is 22.8 Å². The fourth-order valence-corrected chi connectivity index (χ4v) is 8.22. The molecule has 1 saturated carbocycles. The summed E-state index contributed by atoms with van der Waals surface area (Å²) in [4.78, 5) is 0. The number of hydrogen-bond donors (Lipinski definition) is 0. The van der Waals surface area contributed by atoms with E-state index in [2.05, 4.69) is 43.4 Å². The molecule has 150 valence electrons. The van der Waals surface area contributed by atoms with E-state index in [4.69, 9.17) is 0 Å². The molecule has 0 unspecified atom stereocenters. The molecule has 0 aromatic carbocycles. The van der Waals surface area contributed by atoms with Crippen LogP contribution in [0.3, 0.4) is 0 Å². The minimum Gasteiger partial charge on any atom is -0.198 e. The molecular weight excluding hydrogens is 354 g/mol. The summed E-state index contributed by atoms with van der Waals surface area (Å²) in [7, 11) is 0. The first-order chi connectivity index (χ1) is 12.7. The fourth-order valence-electron chi connectivity index (χ4n) is 4.63. The van der Waals surface area contributed by atoms with E-state index in [0.29, 0.717) is 0 Å². The zero-order valence-electron chi connectivity index (χ0n) is 17.3. The highest BCUT2D eigenvalue weighted by molar-refractivity contribution is 8.17. The molecule has 0 radical (unpaired) electrons. The zero-order valence-corrected chi connectivity index (χ0v) is 18.9. The number of nitrogens with zero attached hydrogens (tertiary/aromatic N) is 1.